The summed E-state index contributed by atoms with van der Waals surface area (Å²) >= 11 is 0. The Morgan fingerprint density at radius 3 is 2.80 bits per heavy atom. The molecule has 2 aromatic rings. The number of hydrogen-bond donors (Lipinski definition) is 0. The van der Waals surface area contributed by atoms with Gasteiger partial charge in [0.25, 0.3) is 5.92 Å². The number of imidazole rings is 1. The van der Waals surface area contributed by atoms with E-state index < -0.39 is 24.9 Å². The molecular formula is C17H20F2N4O2. The number of hydrogen-bond acceptors (Lipinski definition) is 4. The van der Waals surface area contributed by atoms with Gasteiger partial charge in [0.1, 0.15) is 11.5 Å². The van der Waals surface area contributed by atoms with Gasteiger partial charge in [0.05, 0.1) is 43.3 Å². The smallest absolute Gasteiger partial charge is 0.282 e. The van der Waals surface area contributed by atoms with Gasteiger partial charge in [-0.1, -0.05) is 0 Å². The van der Waals surface area contributed by atoms with Crippen molar-refractivity contribution in [1.82, 2.24) is 19.4 Å². The largest absolute Gasteiger partial charge is 0.465 e. The van der Waals surface area contributed by atoms with Crippen molar-refractivity contribution in [2.24, 2.45) is 7.05 Å². The van der Waals surface area contributed by atoms with Crippen molar-refractivity contribution in [3.63, 3.8) is 0 Å². The molecule has 1 amide bonds. The molecule has 0 unspecified atom stereocenters. The highest BCUT2D eigenvalue weighted by Crippen LogP contribution is 2.34. The second-order valence-electron chi connectivity index (χ2n) is 6.97. The number of carbonyl (C=O) groups is 1. The van der Waals surface area contributed by atoms with Crippen molar-refractivity contribution in [3.8, 4) is 0 Å². The summed E-state index contributed by atoms with van der Waals surface area (Å²) in [4.78, 5) is 20.5. The molecule has 1 saturated heterocycles. The van der Waals surface area contributed by atoms with Crippen LogP contribution in [0.5, 0.6) is 0 Å². The van der Waals surface area contributed by atoms with Crippen LogP contribution in [-0.4, -0.2) is 50.8 Å². The van der Waals surface area contributed by atoms with E-state index in [4.69, 9.17) is 4.42 Å². The van der Waals surface area contributed by atoms with Crippen molar-refractivity contribution in [1.29, 1.82) is 0 Å². The fourth-order valence-electron chi connectivity index (χ4n) is 3.67. The molecule has 8 heteroatoms. The molecule has 0 aliphatic carbocycles. The highest BCUT2D eigenvalue weighted by molar-refractivity contribution is 5.85. The summed E-state index contributed by atoms with van der Waals surface area (Å²) < 4.78 is 33.8. The van der Waals surface area contributed by atoms with Crippen molar-refractivity contribution in [2.45, 2.75) is 31.9 Å². The van der Waals surface area contributed by atoms with E-state index in [2.05, 4.69) is 9.88 Å². The second-order valence-corrected chi connectivity index (χ2v) is 6.97. The maximum absolute atomic E-state index is 13.2. The predicted octanol–water partition coefficient (Wildman–Crippen LogP) is 1.90. The summed E-state index contributed by atoms with van der Waals surface area (Å²) in [5, 5.41) is 0. The fraction of sp³-hybridized carbons (Fsp3) is 0.529. The normalized spacial score (nSPS) is 22.6. The van der Waals surface area contributed by atoms with Crippen LogP contribution in [0, 0.1) is 6.92 Å². The van der Waals surface area contributed by atoms with Crippen molar-refractivity contribution in [2.75, 3.05) is 19.6 Å². The summed E-state index contributed by atoms with van der Waals surface area (Å²) in [6.07, 6.45) is 1.68. The molecule has 1 fully saturated rings. The van der Waals surface area contributed by atoms with E-state index in [9.17, 15) is 13.6 Å². The number of aryl methyl sites for hydroxylation is 2. The van der Waals surface area contributed by atoms with E-state index in [1.54, 1.807) is 6.33 Å². The average Bonchev–Trinajstić information content (AvgIpc) is 3.10. The number of aromatic nitrogens is 2. The van der Waals surface area contributed by atoms with Crippen molar-refractivity contribution < 1.29 is 18.0 Å². The van der Waals surface area contributed by atoms with Gasteiger partial charge in [-0.05, 0) is 19.1 Å². The Balaban J connectivity index is 1.56. The number of likely N-dealkylation sites (tertiary alicyclic amines) is 1. The maximum atomic E-state index is 13.2. The number of furan rings is 1. The van der Waals surface area contributed by atoms with E-state index in [0.717, 1.165) is 22.9 Å². The number of halogens is 2. The van der Waals surface area contributed by atoms with Gasteiger partial charge in [0, 0.05) is 20.1 Å². The molecule has 1 atom stereocenters. The van der Waals surface area contributed by atoms with Crippen LogP contribution < -0.4 is 0 Å². The summed E-state index contributed by atoms with van der Waals surface area (Å²) in [6.45, 7) is 2.53. The van der Waals surface area contributed by atoms with E-state index in [1.807, 2.05) is 30.7 Å². The van der Waals surface area contributed by atoms with Crippen LogP contribution in [0.3, 0.4) is 0 Å². The van der Waals surface area contributed by atoms with Crippen LogP contribution >= 0.6 is 0 Å². The Labute approximate surface area is 144 Å². The minimum atomic E-state index is -2.76. The Hall–Kier alpha value is -2.22. The zero-order chi connectivity index (χ0) is 17.8. The number of alkyl halides is 2. The SMILES string of the molecule is Cc1ccc(CN2Cc3ncn(C)c3[C@H](C(=O)N3CC(F)(F)C3)C2)o1. The van der Waals surface area contributed by atoms with Gasteiger partial charge in [-0.3, -0.25) is 9.69 Å². The Kier molecular flexibility index (Phi) is 3.68. The summed E-state index contributed by atoms with van der Waals surface area (Å²) in [5.41, 5.74) is 1.65. The minimum absolute atomic E-state index is 0.254. The highest BCUT2D eigenvalue weighted by atomic mass is 19.3. The fourth-order valence-corrected chi connectivity index (χ4v) is 3.67. The standard InChI is InChI=1S/C17H20F2N4O2/c1-11-3-4-12(25-11)5-22-6-13(15-14(7-22)20-10-21(15)2)16(24)23-8-17(18,19)9-23/h3-4,10,13H,5-9H2,1-2H3/t13-/m1/s1. The molecule has 2 aromatic heterocycles. The third-order valence-electron chi connectivity index (χ3n) is 4.84. The molecular weight excluding hydrogens is 330 g/mol. The molecule has 4 heterocycles. The highest BCUT2D eigenvalue weighted by Gasteiger charge is 2.49. The first-order valence-electron chi connectivity index (χ1n) is 8.27. The van der Waals surface area contributed by atoms with Crippen molar-refractivity contribution in [3.05, 3.63) is 41.4 Å². The van der Waals surface area contributed by atoms with Crippen LogP contribution in [0.2, 0.25) is 0 Å². The van der Waals surface area contributed by atoms with Gasteiger partial charge in [-0.2, -0.15) is 0 Å². The summed E-state index contributed by atoms with van der Waals surface area (Å²) in [7, 11) is 1.84. The number of nitrogens with zero attached hydrogens (tertiary/aromatic N) is 4. The van der Waals surface area contributed by atoms with E-state index in [-0.39, 0.29) is 5.91 Å². The zero-order valence-corrected chi connectivity index (χ0v) is 14.2. The Morgan fingerprint density at radius 2 is 2.16 bits per heavy atom. The van der Waals surface area contributed by atoms with E-state index >= 15 is 0 Å². The third kappa shape index (κ3) is 2.95. The first kappa shape index (κ1) is 16.3. The summed E-state index contributed by atoms with van der Waals surface area (Å²) in [5.74, 6) is -1.84. The molecule has 25 heavy (non-hydrogen) atoms. The molecule has 0 bridgehead atoms. The van der Waals surface area contributed by atoms with Crippen LogP contribution in [0.25, 0.3) is 0 Å². The predicted molar refractivity (Wildman–Crippen MR) is 85.0 cm³/mol. The van der Waals surface area contributed by atoms with Crippen LogP contribution in [0.4, 0.5) is 8.78 Å². The quantitative estimate of drug-likeness (QED) is 0.848. The number of amides is 1. The molecule has 134 valence electrons. The molecule has 0 N–H and O–H groups in total. The van der Waals surface area contributed by atoms with Crippen LogP contribution in [0.15, 0.2) is 22.9 Å². The first-order valence-corrected chi connectivity index (χ1v) is 8.27. The van der Waals surface area contributed by atoms with Crippen LogP contribution in [-0.2, 0) is 24.9 Å². The first-order chi connectivity index (χ1) is 11.8. The number of fused-ring (bicyclic) bond motifs is 1. The lowest BCUT2D eigenvalue weighted by Crippen LogP contribution is -2.60. The molecule has 0 spiro atoms. The molecule has 0 saturated carbocycles. The van der Waals surface area contributed by atoms with Gasteiger partial charge in [-0.15, -0.1) is 0 Å². The van der Waals surface area contributed by atoms with Gasteiger partial charge >= 0.3 is 0 Å². The van der Waals surface area contributed by atoms with Crippen LogP contribution in [0.1, 0.15) is 28.8 Å². The molecule has 2 aliphatic heterocycles. The third-order valence-corrected chi connectivity index (χ3v) is 4.84. The second kappa shape index (κ2) is 5.66. The van der Waals surface area contributed by atoms with E-state index in [1.165, 1.54) is 4.90 Å². The minimum Gasteiger partial charge on any atom is -0.465 e. The van der Waals surface area contributed by atoms with E-state index in [0.29, 0.717) is 19.6 Å². The number of carbonyl (C=O) groups excluding carboxylic acids is 1. The monoisotopic (exact) mass is 350 g/mol. The molecule has 2 aliphatic rings. The lowest BCUT2D eigenvalue weighted by atomic mass is 9.94. The zero-order valence-electron chi connectivity index (χ0n) is 14.2. The molecule has 4 rings (SSSR count). The number of rotatable bonds is 3. The van der Waals surface area contributed by atoms with Gasteiger partial charge in [-0.25, -0.2) is 13.8 Å². The topological polar surface area (TPSA) is 54.5 Å². The van der Waals surface area contributed by atoms with Gasteiger partial charge in [0.2, 0.25) is 5.91 Å². The van der Waals surface area contributed by atoms with Crippen molar-refractivity contribution >= 4 is 5.91 Å². The molecule has 6 nitrogen and oxygen atoms in total. The Morgan fingerprint density at radius 1 is 1.40 bits per heavy atom. The summed E-state index contributed by atoms with van der Waals surface area (Å²) in [6, 6.07) is 3.81. The average molecular weight is 350 g/mol. The maximum Gasteiger partial charge on any atom is 0.282 e. The lowest BCUT2D eigenvalue weighted by Gasteiger charge is -2.42. The molecule has 0 aromatic carbocycles. The molecule has 0 radical (unpaired) electrons. The lowest BCUT2D eigenvalue weighted by molar-refractivity contribution is -0.168. The Bertz CT molecular complexity index is 805. The van der Waals surface area contributed by atoms with Gasteiger partial charge in [0.15, 0.2) is 0 Å². The van der Waals surface area contributed by atoms with Gasteiger partial charge < -0.3 is 13.9 Å².